The summed E-state index contributed by atoms with van der Waals surface area (Å²) >= 11 is 3.63. The Morgan fingerprint density at radius 1 is 0.800 bits per heavy atom. The van der Waals surface area contributed by atoms with Crippen LogP contribution in [0.25, 0.3) is 21.9 Å². The molecule has 5 aromatic rings. The molecule has 1 atom stereocenters. The first kappa shape index (κ1) is 26.1. The van der Waals surface area contributed by atoms with Crippen LogP contribution in [0.5, 0.6) is 0 Å². The first-order chi connectivity index (χ1) is 19.7. The van der Waals surface area contributed by atoms with Crippen LogP contribution >= 0.6 is 15.9 Å². The van der Waals surface area contributed by atoms with Gasteiger partial charge in [-0.15, -0.1) is 0 Å². The van der Waals surface area contributed by atoms with Crippen LogP contribution in [0.4, 0.5) is 0 Å². The Bertz CT molecular complexity index is 1700. The molecule has 0 aliphatic carbocycles. The lowest BCUT2D eigenvalue weighted by Gasteiger charge is -2.27. The van der Waals surface area contributed by atoms with E-state index in [0.29, 0.717) is 24.2 Å². The summed E-state index contributed by atoms with van der Waals surface area (Å²) < 4.78 is 20.5. The molecule has 5 nitrogen and oxygen atoms in total. The molecule has 0 saturated carbocycles. The van der Waals surface area contributed by atoms with Crippen molar-refractivity contribution in [1.29, 1.82) is 0 Å². The SMILES string of the molecule is O=c1c2ccc(Br)cc2c(-c2ccccc2)c(COCc2ccccc2)n1C(Cc1ccccc1)C1=COCO1. The number of aromatic nitrogens is 1. The standard InChI is InChI=1S/C34H28BrNO4/c35-27-16-17-28-29(19-27)33(26-14-8-3-9-15-26)31(21-38-20-25-12-6-2-7-13-25)36(34(28)37)30(32-22-39-23-40-32)18-24-10-4-1-5-11-24/h1-17,19,22,30H,18,20-21,23H2. The van der Waals surface area contributed by atoms with Crippen molar-refractivity contribution in [1.82, 2.24) is 4.57 Å². The minimum atomic E-state index is -0.428. The molecule has 6 rings (SSSR count). The number of pyridine rings is 1. The van der Waals surface area contributed by atoms with Crippen molar-refractivity contribution >= 4 is 26.7 Å². The van der Waals surface area contributed by atoms with Gasteiger partial charge in [0, 0.05) is 21.8 Å². The zero-order valence-corrected chi connectivity index (χ0v) is 23.4. The van der Waals surface area contributed by atoms with Gasteiger partial charge in [0.1, 0.15) is 12.3 Å². The van der Waals surface area contributed by atoms with E-state index in [4.69, 9.17) is 14.2 Å². The van der Waals surface area contributed by atoms with E-state index in [2.05, 4.69) is 40.2 Å². The van der Waals surface area contributed by atoms with Crippen LogP contribution in [0.15, 0.2) is 130 Å². The fourth-order valence-electron chi connectivity index (χ4n) is 5.26. The highest BCUT2D eigenvalue weighted by molar-refractivity contribution is 9.10. The molecule has 40 heavy (non-hydrogen) atoms. The Morgan fingerprint density at radius 3 is 2.15 bits per heavy atom. The number of nitrogens with zero attached hydrogens (tertiary/aromatic N) is 1. The van der Waals surface area contributed by atoms with E-state index in [1.54, 1.807) is 6.26 Å². The molecule has 0 spiro atoms. The number of hydrogen-bond donors (Lipinski definition) is 0. The first-order valence-corrected chi connectivity index (χ1v) is 14.0. The van der Waals surface area contributed by atoms with Gasteiger partial charge in [-0.25, -0.2) is 0 Å². The Morgan fingerprint density at radius 2 is 1.48 bits per heavy atom. The van der Waals surface area contributed by atoms with Gasteiger partial charge in [-0.1, -0.05) is 107 Å². The molecule has 1 unspecified atom stereocenters. The minimum Gasteiger partial charge on any atom is -0.462 e. The van der Waals surface area contributed by atoms with Crippen molar-refractivity contribution in [3.05, 3.63) is 153 Å². The minimum absolute atomic E-state index is 0.0992. The van der Waals surface area contributed by atoms with Crippen molar-refractivity contribution in [2.75, 3.05) is 6.79 Å². The molecule has 6 heteroatoms. The van der Waals surface area contributed by atoms with E-state index in [0.717, 1.165) is 37.8 Å². The third-order valence-electron chi connectivity index (χ3n) is 7.10. The van der Waals surface area contributed by atoms with Crippen molar-refractivity contribution in [3.63, 3.8) is 0 Å². The summed E-state index contributed by atoms with van der Waals surface area (Å²) in [5.74, 6) is 0.616. The maximum atomic E-state index is 14.4. The number of rotatable bonds is 9. The Hall–Kier alpha value is -4.13. The average molecular weight is 595 g/mol. The van der Waals surface area contributed by atoms with Crippen LogP contribution in [-0.4, -0.2) is 11.4 Å². The van der Waals surface area contributed by atoms with E-state index in [-0.39, 0.29) is 19.0 Å². The van der Waals surface area contributed by atoms with Crippen molar-refractivity contribution in [3.8, 4) is 11.1 Å². The van der Waals surface area contributed by atoms with Crippen molar-refractivity contribution in [2.45, 2.75) is 25.7 Å². The number of halogens is 1. The molecule has 2 heterocycles. The zero-order chi connectivity index (χ0) is 27.3. The second kappa shape index (κ2) is 11.9. The zero-order valence-electron chi connectivity index (χ0n) is 21.8. The van der Waals surface area contributed by atoms with Gasteiger partial charge in [-0.05, 0) is 40.3 Å². The summed E-state index contributed by atoms with van der Waals surface area (Å²) in [6.45, 7) is 0.781. The van der Waals surface area contributed by atoms with Gasteiger partial charge in [-0.2, -0.15) is 0 Å². The summed E-state index contributed by atoms with van der Waals surface area (Å²) in [5.41, 5.74) is 4.81. The molecule has 0 radical (unpaired) electrons. The van der Waals surface area contributed by atoms with Gasteiger partial charge in [-0.3, -0.25) is 9.36 Å². The maximum absolute atomic E-state index is 14.4. The molecule has 0 amide bonds. The number of allylic oxidation sites excluding steroid dienone is 1. The van der Waals surface area contributed by atoms with Crippen LogP contribution in [0, 0.1) is 0 Å². The monoisotopic (exact) mass is 593 g/mol. The fraction of sp³-hybridized carbons (Fsp3) is 0.147. The summed E-state index contributed by atoms with van der Waals surface area (Å²) in [6, 6.07) is 35.8. The molecule has 0 bridgehead atoms. The lowest BCUT2D eigenvalue weighted by molar-refractivity contribution is 0.0688. The Kier molecular flexibility index (Phi) is 7.80. The van der Waals surface area contributed by atoms with Gasteiger partial charge in [0.25, 0.3) is 5.56 Å². The molecule has 0 saturated heterocycles. The maximum Gasteiger partial charge on any atom is 0.259 e. The lowest BCUT2D eigenvalue weighted by atomic mass is 9.95. The average Bonchev–Trinajstić information content (AvgIpc) is 3.53. The molecule has 4 aromatic carbocycles. The highest BCUT2D eigenvalue weighted by Crippen LogP contribution is 2.36. The van der Waals surface area contributed by atoms with Crippen molar-refractivity contribution < 1.29 is 14.2 Å². The number of fused-ring (bicyclic) bond motifs is 1. The molecule has 0 N–H and O–H groups in total. The summed E-state index contributed by atoms with van der Waals surface area (Å²) in [5, 5.41) is 1.50. The molecule has 200 valence electrons. The third kappa shape index (κ3) is 5.46. The highest BCUT2D eigenvalue weighted by atomic mass is 79.9. The predicted molar refractivity (Wildman–Crippen MR) is 161 cm³/mol. The second-order valence-corrected chi connectivity index (χ2v) is 10.6. The van der Waals surface area contributed by atoms with Gasteiger partial charge < -0.3 is 14.2 Å². The summed E-state index contributed by atoms with van der Waals surface area (Å²) in [7, 11) is 0. The Labute approximate surface area is 241 Å². The van der Waals surface area contributed by atoms with Crippen LogP contribution < -0.4 is 5.56 Å². The quantitative estimate of drug-likeness (QED) is 0.175. The normalized spacial score (nSPS) is 13.5. The predicted octanol–water partition coefficient (Wildman–Crippen LogP) is 7.78. The molecule has 1 aliphatic rings. The van der Waals surface area contributed by atoms with E-state index in [9.17, 15) is 4.79 Å². The number of hydrogen-bond acceptors (Lipinski definition) is 4. The molecule has 1 aromatic heterocycles. The molecule has 0 fully saturated rings. The fourth-order valence-corrected chi connectivity index (χ4v) is 5.62. The lowest BCUT2D eigenvalue weighted by Crippen LogP contribution is -2.32. The van der Waals surface area contributed by atoms with E-state index >= 15 is 0 Å². The van der Waals surface area contributed by atoms with E-state index in [1.807, 2.05) is 89.5 Å². The summed E-state index contributed by atoms with van der Waals surface area (Å²) in [4.78, 5) is 14.4. The topological polar surface area (TPSA) is 49.7 Å². The summed E-state index contributed by atoms with van der Waals surface area (Å²) in [6.07, 6.45) is 2.18. The van der Waals surface area contributed by atoms with Gasteiger partial charge in [0.15, 0.2) is 5.76 Å². The Balaban J connectivity index is 1.59. The first-order valence-electron chi connectivity index (χ1n) is 13.2. The van der Waals surface area contributed by atoms with Crippen LogP contribution in [0.2, 0.25) is 0 Å². The van der Waals surface area contributed by atoms with Crippen molar-refractivity contribution in [2.24, 2.45) is 0 Å². The second-order valence-electron chi connectivity index (χ2n) is 9.69. The third-order valence-corrected chi connectivity index (χ3v) is 7.59. The number of benzene rings is 4. The van der Waals surface area contributed by atoms with Gasteiger partial charge in [0.05, 0.1) is 18.9 Å². The number of ether oxygens (including phenoxy) is 3. The smallest absolute Gasteiger partial charge is 0.259 e. The molecular weight excluding hydrogens is 566 g/mol. The van der Waals surface area contributed by atoms with E-state index < -0.39 is 6.04 Å². The molecule has 1 aliphatic heterocycles. The van der Waals surface area contributed by atoms with Crippen LogP contribution in [0.1, 0.15) is 22.9 Å². The van der Waals surface area contributed by atoms with Gasteiger partial charge in [0.2, 0.25) is 6.79 Å². The van der Waals surface area contributed by atoms with Gasteiger partial charge >= 0.3 is 0 Å². The van der Waals surface area contributed by atoms with E-state index in [1.165, 1.54) is 0 Å². The largest absolute Gasteiger partial charge is 0.462 e. The van der Waals surface area contributed by atoms with Crippen LogP contribution in [0.3, 0.4) is 0 Å². The highest BCUT2D eigenvalue weighted by Gasteiger charge is 2.29. The van der Waals surface area contributed by atoms with Crippen LogP contribution in [-0.2, 0) is 33.8 Å². The molecular formula is C34H28BrNO4.